The number of H-pyrrole nitrogens is 1. The van der Waals surface area contributed by atoms with Gasteiger partial charge in [-0.25, -0.2) is 0 Å². The van der Waals surface area contributed by atoms with Gasteiger partial charge in [-0.15, -0.1) is 0 Å². The minimum atomic E-state index is -0.235. The van der Waals surface area contributed by atoms with Gasteiger partial charge in [-0.2, -0.15) is 0 Å². The average Bonchev–Trinajstić information content (AvgIpc) is 3.12. The van der Waals surface area contributed by atoms with E-state index in [2.05, 4.69) is 16.4 Å². The third-order valence-electron chi connectivity index (χ3n) is 5.90. The number of carbonyl (C=O) groups excluding carboxylic acids is 1. The Labute approximate surface area is 172 Å². The standard InChI is InChI=1S/C23H20ClN3O2/c1-27-19-11-3-2-6-13(19)16(12-20(27)28)23(29)25-18-10-5-8-15-14-7-4-9-17(24)21(14)26-22(15)18/h2-4,6-7,9,11-12,18,26H,5,8,10H2,1H3,(H,25,29). The first-order valence-electron chi connectivity index (χ1n) is 9.73. The number of hydrogen-bond donors (Lipinski definition) is 2. The van der Waals surface area contributed by atoms with Crippen molar-refractivity contribution in [1.82, 2.24) is 14.9 Å². The zero-order chi connectivity index (χ0) is 20.1. The van der Waals surface area contributed by atoms with Crippen LogP contribution in [0.4, 0.5) is 0 Å². The fraction of sp³-hybridized carbons (Fsp3) is 0.217. The van der Waals surface area contributed by atoms with Crippen molar-refractivity contribution in [2.75, 3.05) is 0 Å². The Bertz CT molecular complexity index is 1340. The minimum absolute atomic E-state index is 0.141. The highest BCUT2D eigenvalue weighted by Crippen LogP contribution is 2.37. The molecule has 146 valence electrons. The largest absolute Gasteiger partial charge is 0.355 e. The summed E-state index contributed by atoms with van der Waals surface area (Å²) < 4.78 is 1.56. The summed E-state index contributed by atoms with van der Waals surface area (Å²) in [5.41, 5.74) is 4.10. The second-order valence-electron chi connectivity index (χ2n) is 7.57. The molecule has 0 aliphatic heterocycles. The SMILES string of the molecule is Cn1c(=O)cc(C(=O)NC2CCCc3c2[nH]c2c(Cl)cccc32)c2ccccc21. The molecule has 1 aliphatic rings. The Hall–Kier alpha value is -3.05. The average molecular weight is 406 g/mol. The second kappa shape index (κ2) is 6.78. The van der Waals surface area contributed by atoms with Crippen LogP contribution < -0.4 is 10.9 Å². The lowest BCUT2D eigenvalue weighted by atomic mass is 9.91. The van der Waals surface area contributed by atoms with E-state index < -0.39 is 0 Å². The highest BCUT2D eigenvalue weighted by atomic mass is 35.5. The third kappa shape index (κ3) is 2.85. The molecule has 0 saturated carbocycles. The molecule has 2 aromatic heterocycles. The van der Waals surface area contributed by atoms with Crippen molar-refractivity contribution in [3.05, 3.63) is 80.7 Å². The van der Waals surface area contributed by atoms with Crippen molar-refractivity contribution < 1.29 is 4.79 Å². The van der Waals surface area contributed by atoms with Crippen LogP contribution in [0.3, 0.4) is 0 Å². The lowest BCUT2D eigenvalue weighted by Gasteiger charge is -2.24. The van der Waals surface area contributed by atoms with E-state index in [9.17, 15) is 9.59 Å². The van der Waals surface area contributed by atoms with Gasteiger partial charge < -0.3 is 14.9 Å². The molecule has 0 saturated heterocycles. The molecule has 2 aromatic carbocycles. The highest BCUT2D eigenvalue weighted by molar-refractivity contribution is 6.35. The smallest absolute Gasteiger partial charge is 0.252 e. The number of benzene rings is 2. The van der Waals surface area contributed by atoms with Gasteiger partial charge in [0.2, 0.25) is 0 Å². The van der Waals surface area contributed by atoms with Gasteiger partial charge in [0.05, 0.1) is 27.7 Å². The molecule has 0 spiro atoms. The maximum atomic E-state index is 13.2. The van der Waals surface area contributed by atoms with Crippen LogP contribution in [0.2, 0.25) is 5.02 Å². The Kier molecular flexibility index (Phi) is 4.21. The van der Waals surface area contributed by atoms with Crippen molar-refractivity contribution >= 4 is 39.3 Å². The number of halogens is 1. The first kappa shape index (κ1) is 18.0. The zero-order valence-corrected chi connectivity index (χ0v) is 16.7. The van der Waals surface area contributed by atoms with Gasteiger partial charge in [0.1, 0.15) is 0 Å². The molecule has 0 radical (unpaired) electrons. The molecule has 1 atom stereocenters. The van der Waals surface area contributed by atoms with E-state index in [4.69, 9.17) is 11.6 Å². The maximum Gasteiger partial charge on any atom is 0.252 e. The fourth-order valence-electron chi connectivity index (χ4n) is 4.43. The summed E-state index contributed by atoms with van der Waals surface area (Å²) in [6.45, 7) is 0. The normalized spacial score (nSPS) is 16.1. The number of aromatic nitrogens is 2. The van der Waals surface area contributed by atoms with E-state index in [1.165, 1.54) is 11.6 Å². The molecule has 2 N–H and O–H groups in total. The summed E-state index contributed by atoms with van der Waals surface area (Å²) in [6.07, 6.45) is 2.78. The van der Waals surface area contributed by atoms with Crippen LogP contribution in [0.25, 0.3) is 21.8 Å². The van der Waals surface area contributed by atoms with Gasteiger partial charge in [-0.3, -0.25) is 9.59 Å². The van der Waals surface area contributed by atoms with Crippen LogP contribution in [0.15, 0.2) is 53.3 Å². The second-order valence-corrected chi connectivity index (χ2v) is 7.98. The maximum absolute atomic E-state index is 13.2. The van der Waals surface area contributed by atoms with Crippen LogP contribution in [0.1, 0.15) is 40.5 Å². The van der Waals surface area contributed by atoms with E-state index in [1.807, 2.05) is 36.4 Å². The highest BCUT2D eigenvalue weighted by Gasteiger charge is 2.27. The summed E-state index contributed by atoms with van der Waals surface area (Å²) in [6, 6.07) is 14.6. The third-order valence-corrected chi connectivity index (χ3v) is 6.21. The van der Waals surface area contributed by atoms with E-state index in [0.29, 0.717) is 10.6 Å². The number of aryl methyl sites for hydroxylation is 2. The summed E-state index contributed by atoms with van der Waals surface area (Å²) in [5.74, 6) is -0.235. The summed E-state index contributed by atoms with van der Waals surface area (Å²) in [7, 11) is 1.72. The number of fused-ring (bicyclic) bond motifs is 4. The van der Waals surface area contributed by atoms with E-state index >= 15 is 0 Å². The van der Waals surface area contributed by atoms with Crippen LogP contribution in [-0.4, -0.2) is 15.5 Å². The molecule has 5 rings (SSSR count). The predicted octanol–water partition coefficient (Wildman–Crippen LogP) is 4.48. The molecule has 2 heterocycles. The molecular formula is C23H20ClN3O2. The van der Waals surface area contributed by atoms with Crippen LogP contribution >= 0.6 is 11.6 Å². The monoisotopic (exact) mass is 405 g/mol. The molecule has 1 unspecified atom stereocenters. The number of nitrogens with one attached hydrogen (secondary N) is 2. The minimum Gasteiger partial charge on any atom is -0.355 e. The van der Waals surface area contributed by atoms with Gasteiger partial charge >= 0.3 is 0 Å². The number of rotatable bonds is 2. The Morgan fingerprint density at radius 1 is 1.17 bits per heavy atom. The molecule has 0 bridgehead atoms. The van der Waals surface area contributed by atoms with Crippen molar-refractivity contribution in [3.8, 4) is 0 Å². The molecule has 1 amide bonds. The first-order chi connectivity index (χ1) is 14.0. The summed E-state index contributed by atoms with van der Waals surface area (Å²) in [4.78, 5) is 29.0. The number of hydrogen-bond acceptors (Lipinski definition) is 2. The van der Waals surface area contributed by atoms with Crippen molar-refractivity contribution in [1.29, 1.82) is 0 Å². The lowest BCUT2D eigenvalue weighted by molar-refractivity contribution is 0.0933. The van der Waals surface area contributed by atoms with Crippen LogP contribution in [0, 0.1) is 0 Å². The Balaban J connectivity index is 1.56. The van der Waals surface area contributed by atoms with Crippen molar-refractivity contribution in [3.63, 3.8) is 0 Å². The number of nitrogens with zero attached hydrogens (tertiary/aromatic N) is 1. The summed E-state index contributed by atoms with van der Waals surface area (Å²) >= 11 is 6.37. The van der Waals surface area contributed by atoms with E-state index in [1.54, 1.807) is 11.6 Å². The van der Waals surface area contributed by atoms with Crippen LogP contribution in [-0.2, 0) is 13.5 Å². The molecule has 0 fully saturated rings. The number of pyridine rings is 1. The molecule has 1 aliphatic carbocycles. The topological polar surface area (TPSA) is 66.9 Å². The summed E-state index contributed by atoms with van der Waals surface area (Å²) in [5, 5.41) is 5.71. The van der Waals surface area contributed by atoms with Crippen LogP contribution in [0.5, 0.6) is 0 Å². The number of aromatic amines is 1. The molecular weight excluding hydrogens is 386 g/mol. The van der Waals surface area contributed by atoms with Gasteiger partial charge in [0.25, 0.3) is 11.5 Å². The molecule has 4 aromatic rings. The molecule has 29 heavy (non-hydrogen) atoms. The Morgan fingerprint density at radius 3 is 2.83 bits per heavy atom. The van der Waals surface area contributed by atoms with Gasteiger partial charge in [-0.05, 0) is 37.0 Å². The Morgan fingerprint density at radius 2 is 1.97 bits per heavy atom. The van der Waals surface area contributed by atoms with Crippen molar-refractivity contribution in [2.45, 2.75) is 25.3 Å². The number of para-hydroxylation sites is 2. The van der Waals surface area contributed by atoms with Gasteiger partial charge in [0.15, 0.2) is 0 Å². The lowest BCUT2D eigenvalue weighted by Crippen LogP contribution is -2.32. The quantitative estimate of drug-likeness (QED) is 0.516. The van der Waals surface area contributed by atoms with Gasteiger partial charge in [0, 0.05) is 29.6 Å². The number of carbonyl (C=O) groups is 1. The van der Waals surface area contributed by atoms with E-state index in [-0.39, 0.29) is 17.5 Å². The molecule has 5 nitrogen and oxygen atoms in total. The van der Waals surface area contributed by atoms with Crippen molar-refractivity contribution in [2.24, 2.45) is 7.05 Å². The molecule has 6 heteroatoms. The zero-order valence-electron chi connectivity index (χ0n) is 16.0. The number of amides is 1. The first-order valence-corrected chi connectivity index (χ1v) is 10.1. The van der Waals surface area contributed by atoms with Gasteiger partial charge in [-0.1, -0.05) is 41.9 Å². The fourth-order valence-corrected chi connectivity index (χ4v) is 4.65. The van der Waals surface area contributed by atoms with E-state index in [0.717, 1.165) is 46.8 Å². The predicted molar refractivity (Wildman–Crippen MR) is 116 cm³/mol.